The van der Waals surface area contributed by atoms with Crippen LogP contribution in [0.5, 0.6) is 0 Å². The molecule has 2 rings (SSSR count). The minimum Gasteiger partial charge on any atom is -0.197 e. The molecule has 6 heteroatoms. The Balaban J connectivity index is 2.43. The number of hydrogen-bond donors (Lipinski definition) is 0. The molecule has 17 heavy (non-hydrogen) atoms. The van der Waals surface area contributed by atoms with Gasteiger partial charge in [0.2, 0.25) is 5.16 Å². The van der Waals surface area contributed by atoms with Crippen LogP contribution in [-0.2, 0) is 0 Å². The summed E-state index contributed by atoms with van der Waals surface area (Å²) in [7, 11) is 0. The number of hydrogen-bond acceptors (Lipinski definition) is 5. The van der Waals surface area contributed by atoms with E-state index in [1.54, 1.807) is 4.68 Å². The highest BCUT2D eigenvalue weighted by molar-refractivity contribution is 7.99. The molecule has 0 amide bonds. The molecule has 0 fully saturated rings. The van der Waals surface area contributed by atoms with Crippen molar-refractivity contribution in [3.63, 3.8) is 0 Å². The molecule has 0 aliphatic carbocycles. The Morgan fingerprint density at radius 2 is 2.24 bits per heavy atom. The molecule has 1 aromatic carbocycles. The van der Waals surface area contributed by atoms with Gasteiger partial charge in [0, 0.05) is 0 Å². The van der Waals surface area contributed by atoms with Gasteiger partial charge in [-0.05, 0) is 41.5 Å². The summed E-state index contributed by atoms with van der Waals surface area (Å²) in [4.78, 5) is 0. The number of aryl methyl sites for hydroxylation is 2. The van der Waals surface area contributed by atoms with Crippen LogP contribution in [0.2, 0.25) is 0 Å². The average molecular weight is 245 g/mol. The molecule has 0 N–H and O–H groups in total. The molecular weight excluding hydrogens is 234 g/mol. The van der Waals surface area contributed by atoms with Gasteiger partial charge >= 0.3 is 0 Å². The Labute approximate surface area is 103 Å². The highest BCUT2D eigenvalue weighted by Gasteiger charge is 2.10. The first-order valence-electron chi connectivity index (χ1n) is 5.08. The van der Waals surface area contributed by atoms with Gasteiger partial charge in [-0.25, -0.2) is 0 Å². The second-order valence-electron chi connectivity index (χ2n) is 3.61. The number of tetrazole rings is 1. The number of nitrogens with zero attached hydrogens (tertiary/aromatic N) is 5. The first kappa shape index (κ1) is 11.6. The summed E-state index contributed by atoms with van der Waals surface area (Å²) in [6.07, 6.45) is 0. The minimum atomic E-state index is 0.339. The van der Waals surface area contributed by atoms with Gasteiger partial charge in [-0.2, -0.15) is 9.94 Å². The van der Waals surface area contributed by atoms with Crippen molar-refractivity contribution in [2.24, 2.45) is 0 Å². The standard InChI is InChI=1S/C11H11N5S/c1-8-3-4-9(2)10(7-8)16-11(13-14-15-16)17-6-5-12/h3-4,7H,6H2,1-2H3. The van der Waals surface area contributed by atoms with Crippen LogP contribution in [0.4, 0.5) is 0 Å². The van der Waals surface area contributed by atoms with Crippen molar-refractivity contribution in [3.8, 4) is 11.8 Å². The third kappa shape index (κ3) is 2.45. The van der Waals surface area contributed by atoms with E-state index in [0.717, 1.165) is 16.8 Å². The molecule has 0 atom stereocenters. The van der Waals surface area contributed by atoms with Gasteiger partial charge in [-0.15, -0.1) is 5.10 Å². The van der Waals surface area contributed by atoms with Gasteiger partial charge in [-0.3, -0.25) is 0 Å². The normalized spacial score (nSPS) is 10.2. The molecule has 1 heterocycles. The summed E-state index contributed by atoms with van der Waals surface area (Å²) >= 11 is 1.33. The first-order chi connectivity index (χ1) is 8.22. The second-order valence-corrected chi connectivity index (χ2v) is 4.55. The molecule has 1 aromatic heterocycles. The molecule has 5 nitrogen and oxygen atoms in total. The van der Waals surface area contributed by atoms with Crippen molar-refractivity contribution in [3.05, 3.63) is 29.3 Å². The molecule has 86 valence electrons. The number of nitriles is 1. The van der Waals surface area contributed by atoms with Gasteiger partial charge < -0.3 is 0 Å². The lowest BCUT2D eigenvalue weighted by molar-refractivity contribution is 0.751. The van der Waals surface area contributed by atoms with Crippen LogP contribution >= 0.6 is 11.8 Å². The minimum absolute atomic E-state index is 0.339. The van der Waals surface area contributed by atoms with Crippen molar-refractivity contribution in [1.82, 2.24) is 20.2 Å². The van der Waals surface area contributed by atoms with Crippen LogP contribution in [0.3, 0.4) is 0 Å². The number of rotatable bonds is 3. The maximum atomic E-state index is 8.58. The van der Waals surface area contributed by atoms with E-state index in [4.69, 9.17) is 5.26 Å². The number of benzene rings is 1. The number of aromatic nitrogens is 4. The lowest BCUT2D eigenvalue weighted by Gasteiger charge is -2.07. The van der Waals surface area contributed by atoms with Gasteiger partial charge in [0.1, 0.15) is 0 Å². The molecule has 0 aliphatic rings. The van der Waals surface area contributed by atoms with Crippen molar-refractivity contribution in [1.29, 1.82) is 5.26 Å². The summed E-state index contributed by atoms with van der Waals surface area (Å²) in [5.74, 6) is 0.339. The van der Waals surface area contributed by atoms with Gasteiger partial charge in [0.05, 0.1) is 17.5 Å². The Bertz CT molecular complexity index is 569. The monoisotopic (exact) mass is 245 g/mol. The fourth-order valence-electron chi connectivity index (χ4n) is 1.46. The third-order valence-electron chi connectivity index (χ3n) is 2.30. The molecule has 0 saturated heterocycles. The van der Waals surface area contributed by atoms with E-state index in [1.165, 1.54) is 11.8 Å². The van der Waals surface area contributed by atoms with Gasteiger partial charge in [-0.1, -0.05) is 23.9 Å². The van der Waals surface area contributed by atoms with Crippen LogP contribution in [0.25, 0.3) is 5.69 Å². The topological polar surface area (TPSA) is 67.4 Å². The van der Waals surface area contributed by atoms with Crippen molar-refractivity contribution in [2.45, 2.75) is 19.0 Å². The van der Waals surface area contributed by atoms with Gasteiger partial charge in [0.25, 0.3) is 0 Å². The lowest BCUT2D eigenvalue weighted by atomic mass is 10.1. The Morgan fingerprint density at radius 1 is 1.41 bits per heavy atom. The van der Waals surface area contributed by atoms with Crippen molar-refractivity contribution < 1.29 is 0 Å². The molecular formula is C11H11N5S. The summed E-state index contributed by atoms with van der Waals surface area (Å²) in [5.41, 5.74) is 3.20. The van der Waals surface area contributed by atoms with Crippen LogP contribution in [0.1, 0.15) is 11.1 Å². The summed E-state index contributed by atoms with van der Waals surface area (Å²) in [5, 5.41) is 20.8. The predicted molar refractivity (Wildman–Crippen MR) is 65.0 cm³/mol. The second kappa shape index (κ2) is 4.97. The molecule has 0 spiro atoms. The van der Waals surface area contributed by atoms with E-state index in [0.29, 0.717) is 10.9 Å². The first-order valence-corrected chi connectivity index (χ1v) is 6.06. The molecule has 0 bridgehead atoms. The maximum Gasteiger partial charge on any atom is 0.215 e. The molecule has 2 aromatic rings. The van der Waals surface area contributed by atoms with E-state index < -0.39 is 0 Å². The maximum absolute atomic E-state index is 8.58. The molecule has 0 unspecified atom stereocenters. The molecule has 0 saturated carbocycles. The van der Waals surface area contributed by atoms with Crippen LogP contribution < -0.4 is 0 Å². The Kier molecular flexibility index (Phi) is 3.40. The SMILES string of the molecule is Cc1ccc(C)c(-n2nnnc2SCC#N)c1. The number of thioether (sulfide) groups is 1. The smallest absolute Gasteiger partial charge is 0.197 e. The van der Waals surface area contributed by atoms with Crippen LogP contribution in [0.15, 0.2) is 23.4 Å². The largest absolute Gasteiger partial charge is 0.215 e. The van der Waals surface area contributed by atoms with Crippen molar-refractivity contribution in [2.75, 3.05) is 5.75 Å². The zero-order valence-electron chi connectivity index (χ0n) is 9.58. The van der Waals surface area contributed by atoms with E-state index >= 15 is 0 Å². The highest BCUT2D eigenvalue weighted by atomic mass is 32.2. The summed E-state index contributed by atoms with van der Waals surface area (Å²) in [6, 6.07) is 8.17. The Morgan fingerprint density at radius 3 is 3.00 bits per heavy atom. The third-order valence-corrected chi connectivity index (χ3v) is 3.09. The summed E-state index contributed by atoms with van der Waals surface area (Å²) < 4.78 is 1.67. The zero-order valence-corrected chi connectivity index (χ0v) is 10.4. The summed E-state index contributed by atoms with van der Waals surface area (Å²) in [6.45, 7) is 4.03. The average Bonchev–Trinajstić information content (AvgIpc) is 2.77. The van der Waals surface area contributed by atoms with Crippen LogP contribution in [0, 0.1) is 25.2 Å². The van der Waals surface area contributed by atoms with E-state index in [2.05, 4.69) is 21.6 Å². The predicted octanol–water partition coefficient (Wildman–Crippen LogP) is 1.89. The van der Waals surface area contributed by atoms with E-state index in [-0.39, 0.29) is 0 Å². The highest BCUT2D eigenvalue weighted by Crippen LogP contribution is 2.21. The fraction of sp³-hybridized carbons (Fsp3) is 0.273. The van der Waals surface area contributed by atoms with E-state index in [9.17, 15) is 0 Å². The molecule has 0 radical (unpaired) electrons. The lowest BCUT2D eigenvalue weighted by Crippen LogP contribution is -2.02. The zero-order chi connectivity index (χ0) is 12.3. The van der Waals surface area contributed by atoms with Crippen molar-refractivity contribution >= 4 is 11.8 Å². The fourth-order valence-corrected chi connectivity index (χ4v) is 2.01. The Hall–Kier alpha value is -1.87. The quantitative estimate of drug-likeness (QED) is 0.772. The molecule has 0 aliphatic heterocycles. The van der Waals surface area contributed by atoms with Crippen LogP contribution in [-0.4, -0.2) is 26.0 Å². The van der Waals surface area contributed by atoms with E-state index in [1.807, 2.05) is 32.0 Å². The van der Waals surface area contributed by atoms with Gasteiger partial charge in [0.15, 0.2) is 0 Å².